The molecular formula is C14H18INO. The zero-order chi connectivity index (χ0) is 13.2. The third-order valence-electron chi connectivity index (χ3n) is 2.74. The second-order valence-corrected chi connectivity index (χ2v) is 5.63. The summed E-state index contributed by atoms with van der Waals surface area (Å²) in [5.41, 5.74) is 3.93. The summed E-state index contributed by atoms with van der Waals surface area (Å²) in [5.74, 6) is 0.414. The van der Waals surface area contributed by atoms with Crippen LogP contribution >= 0.6 is 22.6 Å². The lowest BCUT2D eigenvalue weighted by Crippen LogP contribution is -2.14. The van der Waals surface area contributed by atoms with Gasteiger partial charge in [-0.2, -0.15) is 0 Å². The molecule has 0 saturated heterocycles. The predicted octanol–water partition coefficient (Wildman–Crippen LogP) is 3.88. The van der Waals surface area contributed by atoms with Crippen molar-refractivity contribution in [2.24, 2.45) is 10.9 Å². The van der Waals surface area contributed by atoms with Crippen LogP contribution < -0.4 is 0 Å². The average Bonchev–Trinajstić information content (AvgIpc) is 2.22. The van der Waals surface area contributed by atoms with Gasteiger partial charge in [0.2, 0.25) is 0 Å². The molecule has 2 nitrogen and oxygen atoms in total. The van der Waals surface area contributed by atoms with Gasteiger partial charge < -0.3 is 0 Å². The molecule has 0 atom stereocenters. The fourth-order valence-corrected chi connectivity index (χ4v) is 2.34. The molecule has 0 aromatic heterocycles. The molecule has 0 spiro atoms. The van der Waals surface area contributed by atoms with Crippen molar-refractivity contribution in [3.05, 3.63) is 32.4 Å². The standard InChI is InChI=1S/C14H18INO/c1-8(2)14(16-5)12-6-9(3)13(15)7-11(12)10(4)17/h6-8H,1-5H3/b16-14-. The Bertz CT molecular complexity index is 475. The van der Waals surface area contributed by atoms with Crippen molar-refractivity contribution in [1.29, 1.82) is 0 Å². The lowest BCUT2D eigenvalue weighted by molar-refractivity contribution is 0.101. The van der Waals surface area contributed by atoms with E-state index in [0.717, 1.165) is 20.4 Å². The molecule has 0 fully saturated rings. The van der Waals surface area contributed by atoms with Crippen LogP contribution in [0.4, 0.5) is 0 Å². The molecule has 3 heteroatoms. The van der Waals surface area contributed by atoms with Crippen LogP contribution in [-0.2, 0) is 0 Å². The minimum atomic E-state index is 0.0970. The number of Topliss-reactive ketones (excluding diaryl/α,β-unsaturated/α-hetero) is 1. The molecule has 0 radical (unpaired) electrons. The van der Waals surface area contributed by atoms with E-state index in [1.165, 1.54) is 5.56 Å². The van der Waals surface area contributed by atoms with Crippen LogP contribution in [0.5, 0.6) is 0 Å². The Labute approximate surface area is 117 Å². The molecule has 17 heavy (non-hydrogen) atoms. The number of carbonyl (C=O) groups excluding carboxylic acids is 1. The third kappa shape index (κ3) is 3.15. The minimum Gasteiger partial charge on any atom is -0.294 e. The summed E-state index contributed by atoms with van der Waals surface area (Å²) < 4.78 is 1.12. The van der Waals surface area contributed by atoms with E-state index in [2.05, 4.69) is 54.4 Å². The van der Waals surface area contributed by atoms with Gasteiger partial charge in [0.1, 0.15) is 0 Å². The second kappa shape index (κ2) is 5.76. The number of ketones is 1. The van der Waals surface area contributed by atoms with Crippen LogP contribution in [0.2, 0.25) is 0 Å². The Kier molecular flexibility index (Phi) is 4.86. The van der Waals surface area contributed by atoms with Crippen molar-refractivity contribution in [3.63, 3.8) is 0 Å². The zero-order valence-corrected chi connectivity index (χ0v) is 13.1. The number of hydrogen-bond acceptors (Lipinski definition) is 2. The molecule has 0 saturated carbocycles. The number of halogens is 1. The van der Waals surface area contributed by atoms with Crippen LogP contribution in [0.1, 0.15) is 42.3 Å². The number of carbonyl (C=O) groups is 1. The van der Waals surface area contributed by atoms with E-state index >= 15 is 0 Å². The van der Waals surface area contributed by atoms with Gasteiger partial charge in [-0.15, -0.1) is 0 Å². The first kappa shape index (κ1) is 14.4. The van der Waals surface area contributed by atoms with Crippen molar-refractivity contribution in [2.75, 3.05) is 7.05 Å². The van der Waals surface area contributed by atoms with Crippen molar-refractivity contribution >= 4 is 34.1 Å². The average molecular weight is 343 g/mol. The highest BCUT2D eigenvalue weighted by Crippen LogP contribution is 2.22. The molecule has 1 aromatic carbocycles. The SMILES string of the molecule is C/N=C(\c1cc(C)c(I)cc1C(C)=O)C(C)C. The number of hydrogen-bond donors (Lipinski definition) is 0. The van der Waals surface area contributed by atoms with Crippen LogP contribution in [0.25, 0.3) is 0 Å². The molecule has 1 aromatic rings. The smallest absolute Gasteiger partial charge is 0.160 e. The van der Waals surface area contributed by atoms with Crippen molar-refractivity contribution in [1.82, 2.24) is 0 Å². The van der Waals surface area contributed by atoms with E-state index in [9.17, 15) is 4.79 Å². The summed E-state index contributed by atoms with van der Waals surface area (Å²) in [6.45, 7) is 7.86. The van der Waals surface area contributed by atoms with E-state index in [-0.39, 0.29) is 5.78 Å². The number of aryl methyl sites for hydroxylation is 1. The topological polar surface area (TPSA) is 29.4 Å². The summed E-state index contributed by atoms with van der Waals surface area (Å²) in [6, 6.07) is 4.03. The molecule has 0 amide bonds. The maximum absolute atomic E-state index is 11.7. The van der Waals surface area contributed by atoms with Crippen LogP contribution in [0.3, 0.4) is 0 Å². The third-order valence-corrected chi connectivity index (χ3v) is 3.90. The van der Waals surface area contributed by atoms with E-state index in [4.69, 9.17) is 0 Å². The Morgan fingerprint density at radius 1 is 1.29 bits per heavy atom. The summed E-state index contributed by atoms with van der Waals surface area (Å²) in [4.78, 5) is 16.0. The molecular weight excluding hydrogens is 325 g/mol. The predicted molar refractivity (Wildman–Crippen MR) is 81.2 cm³/mol. The molecule has 0 unspecified atom stereocenters. The van der Waals surface area contributed by atoms with E-state index in [1.807, 2.05) is 6.07 Å². The van der Waals surface area contributed by atoms with Gasteiger partial charge in [0.05, 0.1) is 0 Å². The molecule has 1 rings (SSSR count). The molecule has 0 heterocycles. The summed E-state index contributed by atoms with van der Waals surface area (Å²) in [7, 11) is 1.78. The van der Waals surface area contributed by atoms with Crippen molar-refractivity contribution < 1.29 is 4.79 Å². The van der Waals surface area contributed by atoms with Gasteiger partial charge in [-0.25, -0.2) is 0 Å². The van der Waals surface area contributed by atoms with Gasteiger partial charge >= 0.3 is 0 Å². The first-order valence-electron chi connectivity index (χ1n) is 5.66. The maximum Gasteiger partial charge on any atom is 0.160 e. The minimum absolute atomic E-state index is 0.0970. The highest BCUT2D eigenvalue weighted by atomic mass is 127. The maximum atomic E-state index is 11.7. The fraction of sp³-hybridized carbons (Fsp3) is 0.429. The van der Waals surface area contributed by atoms with E-state index in [0.29, 0.717) is 5.92 Å². The lowest BCUT2D eigenvalue weighted by Gasteiger charge is -2.15. The van der Waals surface area contributed by atoms with Crippen LogP contribution in [0, 0.1) is 16.4 Å². The number of rotatable bonds is 3. The normalized spacial score (nSPS) is 12.1. The first-order valence-corrected chi connectivity index (χ1v) is 6.74. The molecule has 0 aliphatic rings. The van der Waals surface area contributed by atoms with E-state index < -0.39 is 0 Å². The van der Waals surface area contributed by atoms with Gasteiger partial charge in [0.25, 0.3) is 0 Å². The molecule has 0 aliphatic heterocycles. The number of aliphatic imine (C=N–C) groups is 1. The quantitative estimate of drug-likeness (QED) is 0.465. The first-order chi connectivity index (χ1) is 7.88. The van der Waals surface area contributed by atoms with Gasteiger partial charge in [-0.1, -0.05) is 13.8 Å². The van der Waals surface area contributed by atoms with Crippen molar-refractivity contribution in [3.8, 4) is 0 Å². The lowest BCUT2D eigenvalue weighted by atomic mass is 9.92. The van der Waals surface area contributed by atoms with Crippen LogP contribution in [-0.4, -0.2) is 18.5 Å². The number of benzene rings is 1. The molecule has 0 aliphatic carbocycles. The summed E-state index contributed by atoms with van der Waals surface area (Å²) in [5, 5.41) is 0. The highest BCUT2D eigenvalue weighted by Gasteiger charge is 2.16. The molecule has 0 N–H and O–H groups in total. The fourth-order valence-electron chi connectivity index (χ4n) is 1.87. The largest absolute Gasteiger partial charge is 0.294 e. The van der Waals surface area contributed by atoms with Crippen molar-refractivity contribution in [2.45, 2.75) is 27.7 Å². The van der Waals surface area contributed by atoms with Gasteiger partial charge in [-0.05, 0) is 60.1 Å². The van der Waals surface area contributed by atoms with Gasteiger partial charge in [-0.3, -0.25) is 9.79 Å². The summed E-state index contributed by atoms with van der Waals surface area (Å²) in [6.07, 6.45) is 0. The zero-order valence-electron chi connectivity index (χ0n) is 11.0. The Morgan fingerprint density at radius 3 is 2.29 bits per heavy atom. The summed E-state index contributed by atoms with van der Waals surface area (Å²) >= 11 is 2.26. The van der Waals surface area contributed by atoms with Gasteiger partial charge in [0, 0.05) is 27.5 Å². The second-order valence-electron chi connectivity index (χ2n) is 4.47. The Hall–Kier alpha value is -0.710. The Balaban J connectivity index is 3.51. The Morgan fingerprint density at radius 2 is 1.88 bits per heavy atom. The number of nitrogens with zero attached hydrogens (tertiary/aromatic N) is 1. The monoisotopic (exact) mass is 343 g/mol. The molecule has 0 bridgehead atoms. The van der Waals surface area contributed by atoms with E-state index in [1.54, 1.807) is 14.0 Å². The van der Waals surface area contributed by atoms with Gasteiger partial charge in [0.15, 0.2) is 5.78 Å². The molecule has 92 valence electrons. The van der Waals surface area contributed by atoms with Crippen LogP contribution in [0.15, 0.2) is 17.1 Å². The highest BCUT2D eigenvalue weighted by molar-refractivity contribution is 14.1.